The van der Waals surface area contributed by atoms with Crippen LogP contribution >= 0.6 is 0 Å². The van der Waals surface area contributed by atoms with Crippen LogP contribution < -0.4 is 5.32 Å². The predicted octanol–water partition coefficient (Wildman–Crippen LogP) is 1.46. The van der Waals surface area contributed by atoms with Crippen molar-refractivity contribution < 1.29 is 14.3 Å². The van der Waals surface area contributed by atoms with Crippen LogP contribution in [0.4, 0.5) is 0 Å². The second kappa shape index (κ2) is 9.88. The van der Waals surface area contributed by atoms with E-state index in [4.69, 9.17) is 4.74 Å². The Bertz CT molecular complexity index is 305. The van der Waals surface area contributed by atoms with Crippen molar-refractivity contribution in [3.8, 4) is 0 Å². The second-order valence-corrected chi connectivity index (χ2v) is 5.62. The molecule has 5 nitrogen and oxygen atoms in total. The van der Waals surface area contributed by atoms with Crippen molar-refractivity contribution >= 4 is 11.7 Å². The summed E-state index contributed by atoms with van der Waals surface area (Å²) in [6, 6.07) is -0.0885. The van der Waals surface area contributed by atoms with Crippen molar-refractivity contribution in [2.24, 2.45) is 5.92 Å². The van der Waals surface area contributed by atoms with Gasteiger partial charge < -0.3 is 10.1 Å². The lowest BCUT2D eigenvalue weighted by Gasteiger charge is -2.28. The van der Waals surface area contributed by atoms with Gasteiger partial charge >= 0.3 is 0 Å². The first-order chi connectivity index (χ1) is 9.33. The largest absolute Gasteiger partial charge is 0.383 e. The number of methoxy groups -OCH3 is 1. The van der Waals surface area contributed by atoms with Gasteiger partial charge in [-0.3, -0.25) is 14.5 Å². The van der Waals surface area contributed by atoms with Crippen molar-refractivity contribution in [2.75, 3.05) is 26.8 Å². The highest BCUT2D eigenvalue weighted by molar-refractivity contribution is 5.88. The fourth-order valence-electron chi connectivity index (χ4n) is 2.06. The molecule has 2 atom stereocenters. The Hall–Kier alpha value is -0.940. The van der Waals surface area contributed by atoms with Gasteiger partial charge in [-0.15, -0.1) is 0 Å². The van der Waals surface area contributed by atoms with Crippen LogP contribution in [0.15, 0.2) is 0 Å². The van der Waals surface area contributed by atoms with E-state index in [1.54, 1.807) is 7.11 Å². The molecule has 0 aromatic carbocycles. The molecule has 0 aliphatic carbocycles. The number of rotatable bonds is 10. The molecule has 0 rings (SSSR count). The fourth-order valence-corrected chi connectivity index (χ4v) is 2.06. The van der Waals surface area contributed by atoms with E-state index in [-0.39, 0.29) is 17.6 Å². The zero-order chi connectivity index (χ0) is 15.7. The number of ketones is 1. The molecule has 118 valence electrons. The van der Waals surface area contributed by atoms with Crippen molar-refractivity contribution in [1.29, 1.82) is 0 Å². The fraction of sp³-hybridized carbons (Fsp3) is 0.867. The molecule has 0 aromatic heterocycles. The summed E-state index contributed by atoms with van der Waals surface area (Å²) in [7, 11) is 1.65. The molecule has 0 aromatic rings. The molecular formula is C15H30N2O3. The third kappa shape index (κ3) is 7.01. The van der Waals surface area contributed by atoms with Gasteiger partial charge in [0, 0.05) is 19.7 Å². The van der Waals surface area contributed by atoms with Crippen LogP contribution in [0.3, 0.4) is 0 Å². The molecule has 0 saturated carbocycles. The van der Waals surface area contributed by atoms with Gasteiger partial charge in [0.15, 0.2) is 5.78 Å². The Morgan fingerprint density at radius 2 is 1.85 bits per heavy atom. The third-order valence-electron chi connectivity index (χ3n) is 3.56. The molecule has 0 heterocycles. The van der Waals surface area contributed by atoms with E-state index in [0.717, 1.165) is 6.42 Å². The highest BCUT2D eigenvalue weighted by Crippen LogP contribution is 2.05. The zero-order valence-electron chi connectivity index (χ0n) is 13.7. The number of carbonyl (C=O) groups excluding carboxylic acids is 2. The molecule has 2 unspecified atom stereocenters. The smallest absolute Gasteiger partial charge is 0.234 e. The van der Waals surface area contributed by atoms with Gasteiger partial charge in [0.1, 0.15) is 0 Å². The van der Waals surface area contributed by atoms with Crippen molar-refractivity contribution in [2.45, 2.75) is 53.1 Å². The normalized spacial score (nSPS) is 14.4. The average molecular weight is 286 g/mol. The van der Waals surface area contributed by atoms with Gasteiger partial charge in [0.2, 0.25) is 5.91 Å². The molecule has 20 heavy (non-hydrogen) atoms. The number of amides is 1. The summed E-state index contributed by atoms with van der Waals surface area (Å²) in [4.78, 5) is 25.7. The monoisotopic (exact) mass is 286 g/mol. The Morgan fingerprint density at radius 3 is 2.25 bits per heavy atom. The van der Waals surface area contributed by atoms with E-state index in [1.807, 2.05) is 13.8 Å². The summed E-state index contributed by atoms with van der Waals surface area (Å²) in [5, 5.41) is 2.83. The molecule has 1 N–H and O–H groups in total. The Kier molecular flexibility index (Phi) is 9.42. The minimum Gasteiger partial charge on any atom is -0.383 e. The number of carbonyl (C=O) groups is 2. The first kappa shape index (κ1) is 19.1. The minimum absolute atomic E-state index is 0.000307. The highest BCUT2D eigenvalue weighted by Gasteiger charge is 2.22. The molecular weight excluding hydrogens is 256 g/mol. The van der Waals surface area contributed by atoms with Crippen LogP contribution in [0.2, 0.25) is 0 Å². The van der Waals surface area contributed by atoms with Crippen molar-refractivity contribution in [3.63, 3.8) is 0 Å². The summed E-state index contributed by atoms with van der Waals surface area (Å²) < 4.78 is 5.08. The molecule has 0 bridgehead atoms. The topological polar surface area (TPSA) is 58.6 Å². The van der Waals surface area contributed by atoms with E-state index in [1.165, 1.54) is 6.92 Å². The van der Waals surface area contributed by atoms with Crippen LogP contribution in [0.5, 0.6) is 0 Å². The van der Waals surface area contributed by atoms with E-state index < -0.39 is 6.04 Å². The number of hydrogen-bond donors (Lipinski definition) is 1. The van der Waals surface area contributed by atoms with Gasteiger partial charge in [-0.25, -0.2) is 0 Å². The molecule has 0 aliphatic heterocycles. The van der Waals surface area contributed by atoms with Gasteiger partial charge in [0.05, 0.1) is 19.2 Å². The number of hydrogen-bond acceptors (Lipinski definition) is 4. The van der Waals surface area contributed by atoms with E-state index in [0.29, 0.717) is 25.7 Å². The second-order valence-electron chi connectivity index (χ2n) is 5.62. The molecule has 0 saturated heterocycles. The standard InChI is InChI=1S/C15H30N2O3/c1-7-12(4)17(8-9-20-6)10-14(19)16-15(11(2)3)13(5)18/h11-12,15H,7-10H2,1-6H3,(H,16,19). The van der Waals surface area contributed by atoms with Crippen molar-refractivity contribution in [3.05, 3.63) is 0 Å². The van der Waals surface area contributed by atoms with Crippen LogP contribution in [0.25, 0.3) is 0 Å². The SMILES string of the molecule is CCC(C)N(CCOC)CC(=O)NC(C(C)=O)C(C)C. The first-order valence-corrected chi connectivity index (χ1v) is 7.36. The molecule has 0 spiro atoms. The maximum absolute atomic E-state index is 12.1. The molecule has 1 amide bonds. The van der Waals surface area contributed by atoms with Crippen LogP contribution in [-0.2, 0) is 14.3 Å². The third-order valence-corrected chi connectivity index (χ3v) is 3.56. The number of Topliss-reactive ketones (excluding diaryl/α,β-unsaturated/α-hetero) is 1. The molecule has 0 aliphatic rings. The van der Waals surface area contributed by atoms with Gasteiger partial charge in [-0.2, -0.15) is 0 Å². The van der Waals surface area contributed by atoms with E-state index >= 15 is 0 Å². The predicted molar refractivity (Wildman–Crippen MR) is 80.7 cm³/mol. The van der Waals surface area contributed by atoms with Gasteiger partial charge in [-0.1, -0.05) is 20.8 Å². The number of ether oxygens (including phenoxy) is 1. The summed E-state index contributed by atoms with van der Waals surface area (Å²) >= 11 is 0. The maximum atomic E-state index is 12.1. The Balaban J connectivity index is 4.54. The highest BCUT2D eigenvalue weighted by atomic mass is 16.5. The Morgan fingerprint density at radius 1 is 1.25 bits per heavy atom. The first-order valence-electron chi connectivity index (χ1n) is 7.36. The summed E-state index contributed by atoms with van der Waals surface area (Å²) in [5.74, 6) is 0.00288. The Labute approximate surface area is 123 Å². The minimum atomic E-state index is -0.399. The van der Waals surface area contributed by atoms with Crippen molar-refractivity contribution in [1.82, 2.24) is 10.2 Å². The lowest BCUT2D eigenvalue weighted by atomic mass is 10.0. The lowest BCUT2D eigenvalue weighted by Crippen LogP contribution is -2.49. The molecule has 5 heteroatoms. The summed E-state index contributed by atoms with van der Waals surface area (Å²) in [6.45, 7) is 11.2. The van der Waals surface area contributed by atoms with Gasteiger partial charge in [-0.05, 0) is 26.2 Å². The quantitative estimate of drug-likeness (QED) is 0.660. The van der Waals surface area contributed by atoms with Gasteiger partial charge in [0.25, 0.3) is 0 Å². The summed E-state index contributed by atoms with van der Waals surface area (Å²) in [6.07, 6.45) is 0.970. The number of nitrogens with one attached hydrogen (secondary N) is 1. The molecule has 0 radical (unpaired) electrons. The average Bonchev–Trinajstić information content (AvgIpc) is 2.39. The lowest BCUT2D eigenvalue weighted by molar-refractivity contribution is -0.129. The zero-order valence-corrected chi connectivity index (χ0v) is 13.7. The van der Waals surface area contributed by atoms with Crippen LogP contribution in [0, 0.1) is 5.92 Å². The van der Waals surface area contributed by atoms with E-state index in [9.17, 15) is 9.59 Å². The number of nitrogens with zero attached hydrogens (tertiary/aromatic N) is 1. The van der Waals surface area contributed by atoms with Crippen LogP contribution in [0.1, 0.15) is 41.0 Å². The molecule has 0 fully saturated rings. The van der Waals surface area contributed by atoms with E-state index in [2.05, 4.69) is 24.1 Å². The summed E-state index contributed by atoms with van der Waals surface area (Å²) in [5.41, 5.74) is 0. The van der Waals surface area contributed by atoms with Crippen LogP contribution in [-0.4, -0.2) is 55.5 Å². The maximum Gasteiger partial charge on any atom is 0.234 e.